The first-order chi connectivity index (χ1) is 8.24. The van der Waals surface area contributed by atoms with Crippen LogP contribution in [0.1, 0.15) is 31.2 Å². The minimum Gasteiger partial charge on any atom is -0.508 e. The first-order valence-corrected chi connectivity index (χ1v) is 6.65. The molecule has 17 heavy (non-hydrogen) atoms. The number of fused-ring (bicyclic) bond motifs is 2. The standard InChI is InChI=1S/C15H20O2/c1-10-14(16)3-2-4-15(10)17-9-13-8-11-5-6-12(13)7-11/h2-4,11-13,16H,5-9H2,1H3. The van der Waals surface area contributed by atoms with Crippen molar-refractivity contribution < 1.29 is 9.84 Å². The lowest BCUT2D eigenvalue weighted by Gasteiger charge is -2.22. The highest BCUT2D eigenvalue weighted by atomic mass is 16.5. The summed E-state index contributed by atoms with van der Waals surface area (Å²) in [6.07, 6.45) is 5.61. The number of phenolic OH excluding ortho intramolecular Hbond substituents is 1. The Morgan fingerprint density at radius 2 is 2.18 bits per heavy atom. The van der Waals surface area contributed by atoms with Gasteiger partial charge in [-0.05, 0) is 56.1 Å². The molecule has 0 spiro atoms. The highest BCUT2D eigenvalue weighted by Crippen LogP contribution is 2.48. The molecule has 0 saturated heterocycles. The average Bonchev–Trinajstić information content (AvgIpc) is 2.93. The Balaban J connectivity index is 1.62. The summed E-state index contributed by atoms with van der Waals surface area (Å²) < 4.78 is 5.89. The Morgan fingerprint density at radius 3 is 2.88 bits per heavy atom. The fraction of sp³-hybridized carbons (Fsp3) is 0.600. The molecule has 2 aliphatic carbocycles. The summed E-state index contributed by atoms with van der Waals surface area (Å²) in [5, 5.41) is 9.62. The van der Waals surface area contributed by atoms with E-state index in [9.17, 15) is 5.11 Å². The van der Waals surface area contributed by atoms with E-state index in [4.69, 9.17) is 4.74 Å². The van der Waals surface area contributed by atoms with Gasteiger partial charge in [-0.15, -0.1) is 0 Å². The van der Waals surface area contributed by atoms with Crippen molar-refractivity contribution in [3.05, 3.63) is 23.8 Å². The first kappa shape index (κ1) is 10.9. The van der Waals surface area contributed by atoms with E-state index >= 15 is 0 Å². The second kappa shape index (κ2) is 4.25. The monoisotopic (exact) mass is 232 g/mol. The summed E-state index contributed by atoms with van der Waals surface area (Å²) in [5.74, 6) is 3.79. The molecule has 3 atom stereocenters. The van der Waals surface area contributed by atoms with Crippen LogP contribution in [-0.4, -0.2) is 11.7 Å². The molecule has 2 bridgehead atoms. The van der Waals surface area contributed by atoms with Crippen molar-refractivity contribution >= 4 is 0 Å². The van der Waals surface area contributed by atoms with Crippen molar-refractivity contribution in [3.8, 4) is 11.5 Å². The molecule has 3 rings (SSSR count). The number of ether oxygens (including phenoxy) is 1. The van der Waals surface area contributed by atoms with Crippen LogP contribution in [0.3, 0.4) is 0 Å². The second-order valence-electron chi connectivity index (χ2n) is 5.65. The molecule has 2 fully saturated rings. The minimum absolute atomic E-state index is 0.329. The lowest BCUT2D eigenvalue weighted by atomic mass is 9.89. The highest BCUT2D eigenvalue weighted by Gasteiger charge is 2.39. The topological polar surface area (TPSA) is 29.5 Å². The summed E-state index contributed by atoms with van der Waals surface area (Å²) in [4.78, 5) is 0. The predicted octanol–water partition coefficient (Wildman–Crippen LogP) is 3.52. The van der Waals surface area contributed by atoms with Crippen LogP contribution in [-0.2, 0) is 0 Å². The number of benzene rings is 1. The van der Waals surface area contributed by atoms with Crippen molar-refractivity contribution in [2.45, 2.75) is 32.6 Å². The summed E-state index contributed by atoms with van der Waals surface area (Å²) in [5.41, 5.74) is 0.857. The number of rotatable bonds is 3. The molecule has 0 aliphatic heterocycles. The fourth-order valence-electron chi connectivity index (χ4n) is 3.54. The van der Waals surface area contributed by atoms with Gasteiger partial charge >= 0.3 is 0 Å². The Hall–Kier alpha value is -1.18. The third-order valence-electron chi connectivity index (χ3n) is 4.59. The van der Waals surface area contributed by atoms with E-state index in [2.05, 4.69) is 0 Å². The molecule has 2 nitrogen and oxygen atoms in total. The smallest absolute Gasteiger partial charge is 0.125 e. The van der Waals surface area contributed by atoms with Gasteiger partial charge < -0.3 is 9.84 Å². The van der Waals surface area contributed by atoms with Crippen molar-refractivity contribution in [2.75, 3.05) is 6.61 Å². The van der Waals surface area contributed by atoms with Crippen LogP contribution < -0.4 is 4.74 Å². The van der Waals surface area contributed by atoms with Gasteiger partial charge in [0.1, 0.15) is 11.5 Å². The lowest BCUT2D eigenvalue weighted by molar-refractivity contribution is 0.194. The summed E-state index contributed by atoms with van der Waals surface area (Å²) in [7, 11) is 0. The third kappa shape index (κ3) is 2.01. The normalized spacial score (nSPS) is 30.8. The molecule has 0 heterocycles. The zero-order valence-corrected chi connectivity index (χ0v) is 10.4. The molecule has 2 saturated carbocycles. The Labute approximate surface area is 103 Å². The third-order valence-corrected chi connectivity index (χ3v) is 4.59. The Kier molecular flexibility index (Phi) is 2.73. The van der Waals surface area contributed by atoms with E-state index in [0.29, 0.717) is 5.75 Å². The molecule has 3 unspecified atom stereocenters. The van der Waals surface area contributed by atoms with Crippen molar-refractivity contribution in [2.24, 2.45) is 17.8 Å². The average molecular weight is 232 g/mol. The number of hydrogen-bond donors (Lipinski definition) is 1. The highest BCUT2D eigenvalue weighted by molar-refractivity contribution is 5.42. The van der Waals surface area contributed by atoms with Gasteiger partial charge in [-0.2, -0.15) is 0 Å². The van der Waals surface area contributed by atoms with Crippen LogP contribution >= 0.6 is 0 Å². The number of phenols is 1. The largest absolute Gasteiger partial charge is 0.508 e. The summed E-state index contributed by atoms with van der Waals surface area (Å²) in [6, 6.07) is 5.50. The van der Waals surface area contributed by atoms with Crippen LogP contribution in [0.2, 0.25) is 0 Å². The maximum absolute atomic E-state index is 9.62. The molecular formula is C15H20O2. The molecule has 92 valence electrons. The molecule has 0 radical (unpaired) electrons. The predicted molar refractivity (Wildman–Crippen MR) is 67.3 cm³/mol. The first-order valence-electron chi connectivity index (χ1n) is 6.65. The molecule has 0 amide bonds. The Bertz CT molecular complexity index is 413. The molecular weight excluding hydrogens is 212 g/mol. The number of hydrogen-bond acceptors (Lipinski definition) is 2. The van der Waals surface area contributed by atoms with Gasteiger partial charge in [0.05, 0.1) is 6.61 Å². The quantitative estimate of drug-likeness (QED) is 0.864. The van der Waals surface area contributed by atoms with Gasteiger partial charge in [0.25, 0.3) is 0 Å². The SMILES string of the molecule is Cc1c(O)cccc1OCC1CC2CCC1C2. The maximum atomic E-state index is 9.62. The molecule has 2 aliphatic rings. The zero-order valence-electron chi connectivity index (χ0n) is 10.4. The number of aromatic hydroxyl groups is 1. The van der Waals surface area contributed by atoms with E-state index in [1.807, 2.05) is 19.1 Å². The fourth-order valence-corrected chi connectivity index (χ4v) is 3.54. The molecule has 0 aromatic heterocycles. The van der Waals surface area contributed by atoms with Gasteiger partial charge in [0.2, 0.25) is 0 Å². The molecule has 1 aromatic carbocycles. The summed E-state index contributed by atoms with van der Waals surface area (Å²) >= 11 is 0. The minimum atomic E-state index is 0.329. The van der Waals surface area contributed by atoms with E-state index in [1.165, 1.54) is 25.7 Å². The van der Waals surface area contributed by atoms with Crippen molar-refractivity contribution in [1.29, 1.82) is 0 Å². The van der Waals surface area contributed by atoms with E-state index in [1.54, 1.807) is 6.07 Å². The van der Waals surface area contributed by atoms with Gasteiger partial charge in [-0.1, -0.05) is 12.5 Å². The van der Waals surface area contributed by atoms with Gasteiger partial charge in [0.15, 0.2) is 0 Å². The van der Waals surface area contributed by atoms with Crippen LogP contribution in [0.15, 0.2) is 18.2 Å². The van der Waals surface area contributed by atoms with Crippen LogP contribution in [0.5, 0.6) is 11.5 Å². The van der Waals surface area contributed by atoms with E-state index in [0.717, 1.165) is 35.7 Å². The van der Waals surface area contributed by atoms with Crippen molar-refractivity contribution in [1.82, 2.24) is 0 Å². The lowest BCUT2D eigenvalue weighted by Crippen LogP contribution is -2.18. The van der Waals surface area contributed by atoms with E-state index in [-0.39, 0.29) is 0 Å². The van der Waals surface area contributed by atoms with Crippen molar-refractivity contribution in [3.63, 3.8) is 0 Å². The van der Waals surface area contributed by atoms with Crippen LogP contribution in [0.25, 0.3) is 0 Å². The van der Waals surface area contributed by atoms with Crippen LogP contribution in [0, 0.1) is 24.7 Å². The van der Waals surface area contributed by atoms with Gasteiger partial charge in [-0.3, -0.25) is 0 Å². The van der Waals surface area contributed by atoms with Gasteiger partial charge in [-0.25, -0.2) is 0 Å². The molecule has 1 N–H and O–H groups in total. The van der Waals surface area contributed by atoms with E-state index < -0.39 is 0 Å². The maximum Gasteiger partial charge on any atom is 0.125 e. The molecule has 2 heteroatoms. The second-order valence-corrected chi connectivity index (χ2v) is 5.65. The summed E-state index contributed by atoms with van der Waals surface area (Å²) in [6.45, 7) is 2.73. The zero-order chi connectivity index (χ0) is 11.8. The Morgan fingerprint density at radius 1 is 1.29 bits per heavy atom. The van der Waals surface area contributed by atoms with Gasteiger partial charge in [0, 0.05) is 5.56 Å². The van der Waals surface area contributed by atoms with Crippen LogP contribution in [0.4, 0.5) is 0 Å². The molecule has 1 aromatic rings.